The van der Waals surface area contributed by atoms with Gasteiger partial charge in [0.05, 0.1) is 12.8 Å². The molecule has 0 aliphatic heterocycles. The Kier molecular flexibility index (Phi) is 4.34. The third-order valence-electron chi connectivity index (χ3n) is 2.74. The van der Waals surface area contributed by atoms with Crippen LogP contribution in [-0.4, -0.2) is 19.4 Å². The monoisotopic (exact) mass is 270 g/mol. The van der Waals surface area contributed by atoms with Crippen LogP contribution in [0.15, 0.2) is 54.6 Å². The lowest BCUT2D eigenvalue weighted by molar-refractivity contribution is -0.109. The molecule has 5 nitrogen and oxygen atoms in total. The SMILES string of the molecule is COc1ccc(N(NC=O)C(=O)c2ccccc2)cc1. The minimum atomic E-state index is -0.317. The third-order valence-corrected chi connectivity index (χ3v) is 2.74. The van der Waals surface area contributed by atoms with Crippen LogP contribution in [0.3, 0.4) is 0 Å². The Morgan fingerprint density at radius 1 is 1.10 bits per heavy atom. The first-order valence-electron chi connectivity index (χ1n) is 5.99. The molecule has 2 rings (SSSR count). The van der Waals surface area contributed by atoms with Gasteiger partial charge in [-0.15, -0.1) is 0 Å². The number of benzene rings is 2. The van der Waals surface area contributed by atoms with E-state index in [2.05, 4.69) is 5.43 Å². The van der Waals surface area contributed by atoms with Gasteiger partial charge in [0.2, 0.25) is 6.41 Å². The smallest absolute Gasteiger partial charge is 0.276 e. The topological polar surface area (TPSA) is 58.6 Å². The summed E-state index contributed by atoms with van der Waals surface area (Å²) in [5.41, 5.74) is 3.43. The number of nitrogens with zero attached hydrogens (tertiary/aromatic N) is 1. The predicted octanol–water partition coefficient (Wildman–Crippen LogP) is 2.00. The zero-order valence-electron chi connectivity index (χ0n) is 10.9. The fraction of sp³-hybridized carbons (Fsp3) is 0.0667. The van der Waals surface area contributed by atoms with Gasteiger partial charge in [0.15, 0.2) is 0 Å². The molecular weight excluding hydrogens is 256 g/mol. The molecule has 0 radical (unpaired) electrons. The Bertz CT molecular complexity index is 582. The van der Waals surface area contributed by atoms with Gasteiger partial charge in [0.25, 0.3) is 5.91 Å². The van der Waals surface area contributed by atoms with Crippen molar-refractivity contribution in [1.82, 2.24) is 5.43 Å². The number of hydrazine groups is 1. The van der Waals surface area contributed by atoms with E-state index < -0.39 is 0 Å². The summed E-state index contributed by atoms with van der Waals surface area (Å²) in [6.07, 6.45) is 0.463. The second-order valence-corrected chi connectivity index (χ2v) is 3.95. The molecule has 5 heteroatoms. The van der Waals surface area contributed by atoms with Crippen molar-refractivity contribution in [1.29, 1.82) is 0 Å². The molecule has 0 saturated carbocycles. The minimum absolute atomic E-state index is 0.317. The molecule has 0 saturated heterocycles. The summed E-state index contributed by atoms with van der Waals surface area (Å²) in [4.78, 5) is 23.1. The number of ether oxygens (including phenoxy) is 1. The Hall–Kier alpha value is -2.82. The van der Waals surface area contributed by atoms with E-state index in [1.165, 1.54) is 5.01 Å². The van der Waals surface area contributed by atoms with Crippen LogP contribution in [0.25, 0.3) is 0 Å². The molecule has 0 spiro atoms. The highest BCUT2D eigenvalue weighted by Crippen LogP contribution is 2.19. The van der Waals surface area contributed by atoms with E-state index in [0.29, 0.717) is 23.4 Å². The summed E-state index contributed by atoms with van der Waals surface area (Å²) < 4.78 is 5.06. The molecule has 2 aromatic carbocycles. The lowest BCUT2D eigenvalue weighted by Gasteiger charge is -2.21. The van der Waals surface area contributed by atoms with E-state index in [9.17, 15) is 9.59 Å². The van der Waals surface area contributed by atoms with Gasteiger partial charge in [-0.1, -0.05) is 18.2 Å². The molecule has 0 unspecified atom stereocenters. The molecular formula is C15H14N2O3. The predicted molar refractivity (Wildman–Crippen MR) is 75.4 cm³/mol. The average molecular weight is 270 g/mol. The van der Waals surface area contributed by atoms with Crippen LogP contribution >= 0.6 is 0 Å². The van der Waals surface area contributed by atoms with Crippen LogP contribution < -0.4 is 15.2 Å². The van der Waals surface area contributed by atoms with Crippen molar-refractivity contribution >= 4 is 18.0 Å². The Morgan fingerprint density at radius 2 is 1.75 bits per heavy atom. The molecule has 0 bridgehead atoms. The van der Waals surface area contributed by atoms with Crippen LogP contribution in [-0.2, 0) is 4.79 Å². The standard InChI is InChI=1S/C15H14N2O3/c1-20-14-9-7-13(8-10-14)17(16-11-18)15(19)12-5-3-2-4-6-12/h2-11H,1H3,(H,16,18). The van der Waals surface area contributed by atoms with E-state index in [1.807, 2.05) is 6.07 Å². The van der Waals surface area contributed by atoms with Gasteiger partial charge in [-0.2, -0.15) is 0 Å². The van der Waals surface area contributed by atoms with Gasteiger partial charge >= 0.3 is 0 Å². The maximum atomic E-state index is 12.4. The summed E-state index contributed by atoms with van der Waals surface area (Å²) in [5.74, 6) is 0.356. The highest BCUT2D eigenvalue weighted by atomic mass is 16.5. The molecule has 0 heterocycles. The molecule has 0 aromatic heterocycles. The average Bonchev–Trinajstić information content (AvgIpc) is 2.53. The van der Waals surface area contributed by atoms with E-state index in [-0.39, 0.29) is 5.91 Å². The number of hydrogen-bond donors (Lipinski definition) is 1. The number of amides is 2. The van der Waals surface area contributed by atoms with Crippen molar-refractivity contribution in [2.24, 2.45) is 0 Å². The van der Waals surface area contributed by atoms with Crippen molar-refractivity contribution in [2.45, 2.75) is 0 Å². The van der Waals surface area contributed by atoms with Crippen LogP contribution in [0.4, 0.5) is 5.69 Å². The molecule has 20 heavy (non-hydrogen) atoms. The molecule has 1 N–H and O–H groups in total. The number of hydrogen-bond acceptors (Lipinski definition) is 3. The normalized spacial score (nSPS) is 9.65. The zero-order chi connectivity index (χ0) is 14.4. The summed E-state index contributed by atoms with van der Waals surface area (Å²) in [5, 5.41) is 1.18. The summed E-state index contributed by atoms with van der Waals surface area (Å²) in [6.45, 7) is 0. The van der Waals surface area contributed by atoms with Gasteiger partial charge in [-0.05, 0) is 36.4 Å². The number of anilines is 1. The lowest BCUT2D eigenvalue weighted by atomic mass is 10.2. The molecule has 0 atom stereocenters. The van der Waals surface area contributed by atoms with Crippen LogP contribution in [0.5, 0.6) is 5.75 Å². The van der Waals surface area contributed by atoms with Crippen molar-refractivity contribution in [3.05, 3.63) is 60.2 Å². The summed E-state index contributed by atoms with van der Waals surface area (Å²) in [6, 6.07) is 15.5. The summed E-state index contributed by atoms with van der Waals surface area (Å²) in [7, 11) is 1.56. The molecule has 102 valence electrons. The first-order valence-corrected chi connectivity index (χ1v) is 5.99. The lowest BCUT2D eigenvalue weighted by Crippen LogP contribution is -2.42. The first kappa shape index (κ1) is 13.6. The molecule has 0 fully saturated rings. The number of carbonyl (C=O) groups excluding carboxylic acids is 2. The second kappa shape index (κ2) is 6.38. The van der Waals surface area contributed by atoms with E-state index in [0.717, 1.165) is 0 Å². The van der Waals surface area contributed by atoms with Gasteiger partial charge in [-0.25, -0.2) is 5.01 Å². The van der Waals surface area contributed by atoms with E-state index in [1.54, 1.807) is 55.6 Å². The Balaban J connectivity index is 2.30. The quantitative estimate of drug-likeness (QED) is 0.668. The van der Waals surface area contributed by atoms with E-state index in [4.69, 9.17) is 4.74 Å². The number of nitrogens with one attached hydrogen (secondary N) is 1. The summed E-state index contributed by atoms with van der Waals surface area (Å²) >= 11 is 0. The highest BCUT2D eigenvalue weighted by molar-refractivity contribution is 6.06. The number of rotatable bonds is 5. The number of methoxy groups -OCH3 is 1. The highest BCUT2D eigenvalue weighted by Gasteiger charge is 2.17. The third kappa shape index (κ3) is 2.95. The zero-order valence-corrected chi connectivity index (χ0v) is 10.9. The maximum absolute atomic E-state index is 12.4. The minimum Gasteiger partial charge on any atom is -0.497 e. The van der Waals surface area contributed by atoms with Crippen molar-refractivity contribution in [3.8, 4) is 5.75 Å². The van der Waals surface area contributed by atoms with Crippen LogP contribution in [0.1, 0.15) is 10.4 Å². The Morgan fingerprint density at radius 3 is 2.30 bits per heavy atom. The molecule has 0 aliphatic rings. The fourth-order valence-corrected chi connectivity index (χ4v) is 1.74. The van der Waals surface area contributed by atoms with Crippen LogP contribution in [0.2, 0.25) is 0 Å². The van der Waals surface area contributed by atoms with Gasteiger partial charge in [0, 0.05) is 5.56 Å². The van der Waals surface area contributed by atoms with Crippen LogP contribution in [0, 0.1) is 0 Å². The van der Waals surface area contributed by atoms with Gasteiger partial charge in [-0.3, -0.25) is 15.0 Å². The first-order chi connectivity index (χ1) is 9.76. The largest absolute Gasteiger partial charge is 0.497 e. The molecule has 0 aliphatic carbocycles. The fourth-order valence-electron chi connectivity index (χ4n) is 1.74. The molecule has 2 amide bonds. The molecule has 2 aromatic rings. The van der Waals surface area contributed by atoms with Gasteiger partial charge < -0.3 is 4.74 Å². The van der Waals surface area contributed by atoms with Crippen molar-refractivity contribution in [3.63, 3.8) is 0 Å². The van der Waals surface area contributed by atoms with Gasteiger partial charge in [0.1, 0.15) is 5.75 Å². The van der Waals surface area contributed by atoms with Crippen molar-refractivity contribution in [2.75, 3.05) is 12.1 Å². The van der Waals surface area contributed by atoms with Crippen molar-refractivity contribution < 1.29 is 14.3 Å². The number of carbonyl (C=O) groups is 2. The second-order valence-electron chi connectivity index (χ2n) is 3.95. The van der Waals surface area contributed by atoms with E-state index >= 15 is 0 Å². The Labute approximate surface area is 116 Å². The maximum Gasteiger partial charge on any atom is 0.276 e.